The third-order valence-corrected chi connectivity index (χ3v) is 0.814. The molecule has 0 aliphatic heterocycles. The number of rotatable bonds is 1. The van der Waals surface area contributed by atoms with Gasteiger partial charge in [-0.3, -0.25) is 0 Å². The van der Waals surface area contributed by atoms with Gasteiger partial charge in [0.2, 0.25) is 0 Å². The summed E-state index contributed by atoms with van der Waals surface area (Å²) in [5, 5.41) is 8.61. The summed E-state index contributed by atoms with van der Waals surface area (Å²) < 4.78 is 4.68. The summed E-state index contributed by atoms with van der Waals surface area (Å²) in [4.78, 5) is 0. The van der Waals surface area contributed by atoms with Crippen molar-refractivity contribution in [3.63, 3.8) is 0 Å². The molecule has 1 heterocycles. The molecule has 0 atom stereocenters. The van der Waals surface area contributed by atoms with Gasteiger partial charge in [0.05, 0.1) is 6.54 Å². The van der Waals surface area contributed by atoms with E-state index in [1.165, 1.54) is 12.3 Å². The molecule has 0 aliphatic rings. The third-order valence-electron chi connectivity index (χ3n) is 0.814. The second kappa shape index (κ2) is 1.88. The molecule has 0 bridgehead atoms. The van der Waals surface area contributed by atoms with Crippen LogP contribution in [0.3, 0.4) is 0 Å². The van der Waals surface area contributed by atoms with Crippen molar-refractivity contribution in [2.75, 3.05) is 0 Å². The highest BCUT2D eigenvalue weighted by molar-refractivity contribution is 5.16. The quantitative estimate of drug-likeness (QED) is 0.583. The Morgan fingerprint density at radius 1 is 1.75 bits per heavy atom. The second-order valence-electron chi connectivity index (χ2n) is 1.45. The Morgan fingerprint density at radius 3 is 2.75 bits per heavy atom. The maximum Gasteiger partial charge on any atom is 0.154 e. The molecule has 0 aliphatic carbocycles. The normalized spacial score (nSPS) is 9.62. The zero-order valence-corrected chi connectivity index (χ0v) is 4.22. The molecule has 1 radical (unpaired) electrons. The van der Waals surface area contributed by atoms with Gasteiger partial charge < -0.3 is 9.52 Å². The van der Waals surface area contributed by atoms with Gasteiger partial charge in [-0.15, -0.1) is 0 Å². The van der Waals surface area contributed by atoms with Gasteiger partial charge in [0, 0.05) is 6.07 Å². The van der Waals surface area contributed by atoms with E-state index in [1.54, 1.807) is 0 Å². The first-order chi connectivity index (χ1) is 3.83. The smallest absolute Gasteiger partial charge is 0.154 e. The molecule has 1 aromatic heterocycles. The molecule has 0 spiro atoms. The molecule has 0 amide bonds. The Hall–Kier alpha value is -0.960. The van der Waals surface area contributed by atoms with Crippen LogP contribution in [0.25, 0.3) is 0 Å². The van der Waals surface area contributed by atoms with E-state index in [-0.39, 0.29) is 12.3 Å². The first kappa shape index (κ1) is 5.18. The average molecular weight is 112 g/mol. The van der Waals surface area contributed by atoms with Crippen LogP contribution in [0.15, 0.2) is 16.7 Å². The van der Waals surface area contributed by atoms with E-state index < -0.39 is 0 Å². The molecule has 2 N–H and O–H groups in total. The molecule has 0 unspecified atom stereocenters. The molecular formula is C5H6NO2. The van der Waals surface area contributed by atoms with Crippen molar-refractivity contribution < 1.29 is 9.52 Å². The fourth-order valence-electron chi connectivity index (χ4n) is 0.462. The van der Waals surface area contributed by atoms with Gasteiger partial charge in [-0.25, -0.2) is 5.73 Å². The van der Waals surface area contributed by atoms with Crippen LogP contribution in [-0.2, 0) is 6.54 Å². The first-order valence-corrected chi connectivity index (χ1v) is 2.24. The second-order valence-corrected chi connectivity index (χ2v) is 1.45. The maximum absolute atomic E-state index is 8.61. The molecule has 1 aromatic rings. The Labute approximate surface area is 46.7 Å². The van der Waals surface area contributed by atoms with Gasteiger partial charge >= 0.3 is 0 Å². The maximum atomic E-state index is 8.61. The topological polar surface area (TPSA) is 57.2 Å². The Balaban J connectivity index is 2.84. The van der Waals surface area contributed by atoms with Crippen molar-refractivity contribution in [2.24, 2.45) is 0 Å². The number of hydrogen-bond donors (Lipinski definition) is 1. The van der Waals surface area contributed by atoms with Crippen molar-refractivity contribution in [1.82, 2.24) is 5.73 Å². The van der Waals surface area contributed by atoms with Crippen molar-refractivity contribution in [3.05, 3.63) is 18.1 Å². The van der Waals surface area contributed by atoms with Crippen LogP contribution in [0.1, 0.15) is 5.76 Å². The van der Waals surface area contributed by atoms with Gasteiger partial charge in [0.15, 0.2) is 5.75 Å². The largest absolute Gasteiger partial charge is 0.505 e. The number of aromatic hydroxyl groups is 1. The van der Waals surface area contributed by atoms with Crippen LogP contribution in [0.4, 0.5) is 0 Å². The molecule has 43 valence electrons. The molecule has 3 nitrogen and oxygen atoms in total. The standard InChI is InChI=1S/C5H6NO2/c6-2-5-1-4(7)3-8-5/h1,3,6-7H,2H2. The SMILES string of the molecule is [NH]Cc1cc(O)co1. The van der Waals surface area contributed by atoms with E-state index in [0.29, 0.717) is 5.76 Å². The van der Waals surface area contributed by atoms with Crippen molar-refractivity contribution >= 4 is 0 Å². The van der Waals surface area contributed by atoms with Crippen LogP contribution in [0.2, 0.25) is 0 Å². The van der Waals surface area contributed by atoms with Gasteiger partial charge in [-0.1, -0.05) is 0 Å². The lowest BCUT2D eigenvalue weighted by Crippen LogP contribution is -1.76. The lowest BCUT2D eigenvalue weighted by molar-refractivity contribution is 0.451. The molecule has 0 fully saturated rings. The van der Waals surface area contributed by atoms with Crippen LogP contribution < -0.4 is 5.73 Å². The minimum absolute atomic E-state index is 0.0839. The first-order valence-electron chi connectivity index (χ1n) is 2.24. The molecule has 0 aromatic carbocycles. The minimum Gasteiger partial charge on any atom is -0.505 e. The van der Waals surface area contributed by atoms with Gasteiger partial charge in [-0.05, 0) is 0 Å². The number of nitrogens with one attached hydrogen (secondary N) is 1. The number of hydrogen-bond acceptors (Lipinski definition) is 2. The molecule has 1 rings (SSSR count). The Morgan fingerprint density at radius 2 is 2.50 bits per heavy atom. The van der Waals surface area contributed by atoms with E-state index in [0.717, 1.165) is 0 Å². The summed E-state index contributed by atoms with van der Waals surface area (Å²) in [7, 11) is 0. The van der Waals surface area contributed by atoms with Crippen LogP contribution >= 0.6 is 0 Å². The predicted octanol–water partition coefficient (Wildman–Crippen LogP) is 0.768. The highest BCUT2D eigenvalue weighted by Gasteiger charge is 1.94. The van der Waals surface area contributed by atoms with Gasteiger partial charge in [0.1, 0.15) is 12.0 Å². The summed E-state index contributed by atoms with van der Waals surface area (Å²) in [5.41, 5.74) is 6.75. The molecular weight excluding hydrogens is 106 g/mol. The summed E-state index contributed by atoms with van der Waals surface area (Å²) in [5.74, 6) is 0.578. The monoisotopic (exact) mass is 112 g/mol. The fourth-order valence-corrected chi connectivity index (χ4v) is 0.462. The van der Waals surface area contributed by atoms with Gasteiger partial charge in [-0.2, -0.15) is 0 Å². The molecule has 0 saturated heterocycles. The number of furan rings is 1. The van der Waals surface area contributed by atoms with E-state index in [1.807, 2.05) is 0 Å². The minimum atomic E-state index is 0.0839. The highest BCUT2D eigenvalue weighted by Crippen LogP contribution is 2.12. The van der Waals surface area contributed by atoms with E-state index in [2.05, 4.69) is 4.42 Å². The van der Waals surface area contributed by atoms with Crippen LogP contribution in [0.5, 0.6) is 5.75 Å². The van der Waals surface area contributed by atoms with Crippen LogP contribution in [-0.4, -0.2) is 5.11 Å². The summed E-state index contributed by atoms with van der Waals surface area (Å²) in [6, 6.07) is 1.42. The summed E-state index contributed by atoms with van der Waals surface area (Å²) in [6.45, 7) is 0.0839. The molecule has 0 saturated carbocycles. The zero-order chi connectivity index (χ0) is 5.98. The fraction of sp³-hybridized carbons (Fsp3) is 0.200. The average Bonchev–Trinajstić information content (AvgIpc) is 2.14. The predicted molar refractivity (Wildman–Crippen MR) is 27.2 cm³/mol. The Bertz CT molecular complexity index is 171. The van der Waals surface area contributed by atoms with Crippen molar-refractivity contribution in [3.8, 4) is 5.75 Å². The lowest BCUT2D eigenvalue weighted by Gasteiger charge is -1.78. The summed E-state index contributed by atoms with van der Waals surface area (Å²) >= 11 is 0. The van der Waals surface area contributed by atoms with E-state index in [4.69, 9.17) is 10.8 Å². The van der Waals surface area contributed by atoms with Crippen molar-refractivity contribution in [2.45, 2.75) is 6.54 Å². The van der Waals surface area contributed by atoms with Gasteiger partial charge in [0.25, 0.3) is 0 Å². The van der Waals surface area contributed by atoms with E-state index >= 15 is 0 Å². The Kier molecular flexibility index (Phi) is 1.22. The third kappa shape index (κ3) is 0.816. The zero-order valence-electron chi connectivity index (χ0n) is 4.22. The van der Waals surface area contributed by atoms with Crippen molar-refractivity contribution in [1.29, 1.82) is 0 Å². The lowest BCUT2D eigenvalue weighted by atomic mass is 10.4. The van der Waals surface area contributed by atoms with Crippen LogP contribution in [0, 0.1) is 0 Å². The van der Waals surface area contributed by atoms with E-state index in [9.17, 15) is 0 Å². The highest BCUT2D eigenvalue weighted by atomic mass is 16.4. The molecule has 8 heavy (non-hydrogen) atoms. The summed E-state index contributed by atoms with van der Waals surface area (Å²) in [6.07, 6.45) is 1.21. The molecule has 3 heteroatoms.